The summed E-state index contributed by atoms with van der Waals surface area (Å²) in [6.07, 6.45) is 1.15. The van der Waals surface area contributed by atoms with Gasteiger partial charge in [-0.15, -0.1) is 0 Å². The van der Waals surface area contributed by atoms with E-state index in [0.717, 1.165) is 13.0 Å². The van der Waals surface area contributed by atoms with Gasteiger partial charge < -0.3 is 10.6 Å². The third-order valence-corrected chi connectivity index (χ3v) is 2.33. The van der Waals surface area contributed by atoms with E-state index in [2.05, 4.69) is 48.7 Å². The normalized spacial score (nSPS) is 12.5. The Hall–Kier alpha value is -1.02. The summed E-state index contributed by atoms with van der Waals surface area (Å²) in [4.78, 5) is 0. The molecule has 0 saturated carbocycles. The van der Waals surface area contributed by atoms with Crippen LogP contribution in [0.3, 0.4) is 0 Å². The van der Waals surface area contributed by atoms with Crippen LogP contribution in [0.4, 0.5) is 5.69 Å². The molecule has 0 radical (unpaired) electrons. The molecule has 0 aliphatic rings. The third-order valence-electron chi connectivity index (χ3n) is 2.33. The first-order valence-electron chi connectivity index (χ1n) is 5.26. The zero-order valence-electron chi connectivity index (χ0n) is 9.30. The molecule has 1 aromatic rings. The van der Waals surface area contributed by atoms with Crippen LogP contribution in [-0.2, 0) is 6.54 Å². The van der Waals surface area contributed by atoms with Gasteiger partial charge in [0.1, 0.15) is 0 Å². The quantitative estimate of drug-likeness (QED) is 0.749. The van der Waals surface area contributed by atoms with Crippen molar-refractivity contribution < 1.29 is 0 Å². The summed E-state index contributed by atoms with van der Waals surface area (Å²) in [5.74, 6) is 0. The van der Waals surface area contributed by atoms with Crippen LogP contribution < -0.4 is 10.6 Å². The van der Waals surface area contributed by atoms with E-state index in [0.29, 0.717) is 6.04 Å². The average molecular weight is 192 g/mol. The van der Waals surface area contributed by atoms with Gasteiger partial charge >= 0.3 is 0 Å². The monoisotopic (exact) mass is 192 g/mol. The van der Waals surface area contributed by atoms with Crippen molar-refractivity contribution in [1.82, 2.24) is 5.32 Å². The summed E-state index contributed by atoms with van der Waals surface area (Å²) >= 11 is 0. The molecule has 1 aromatic carbocycles. The Kier molecular flexibility index (Phi) is 4.47. The number of rotatable bonds is 5. The lowest BCUT2D eigenvalue weighted by molar-refractivity contribution is 0.762. The van der Waals surface area contributed by atoms with Gasteiger partial charge in [0.15, 0.2) is 0 Å². The zero-order valence-corrected chi connectivity index (χ0v) is 9.30. The second kappa shape index (κ2) is 5.66. The molecule has 2 heteroatoms. The molecule has 0 fully saturated rings. The Morgan fingerprint density at radius 3 is 2.79 bits per heavy atom. The van der Waals surface area contributed by atoms with Crippen LogP contribution in [0.15, 0.2) is 24.3 Å². The second-order valence-corrected chi connectivity index (χ2v) is 3.68. The summed E-state index contributed by atoms with van der Waals surface area (Å²) in [7, 11) is 1.97. The van der Waals surface area contributed by atoms with Crippen LogP contribution in [0.2, 0.25) is 0 Å². The lowest BCUT2D eigenvalue weighted by Crippen LogP contribution is -2.13. The van der Waals surface area contributed by atoms with E-state index in [1.54, 1.807) is 0 Å². The van der Waals surface area contributed by atoms with Crippen LogP contribution in [0.25, 0.3) is 0 Å². The van der Waals surface area contributed by atoms with Crippen molar-refractivity contribution in [2.45, 2.75) is 32.9 Å². The van der Waals surface area contributed by atoms with Crippen molar-refractivity contribution in [1.29, 1.82) is 0 Å². The molecule has 0 amide bonds. The van der Waals surface area contributed by atoms with Crippen LogP contribution in [0.5, 0.6) is 0 Å². The number of nitrogens with one attached hydrogen (secondary N) is 2. The van der Waals surface area contributed by atoms with E-state index in [-0.39, 0.29) is 0 Å². The largest absolute Gasteiger partial charge is 0.383 e. The third kappa shape index (κ3) is 3.38. The summed E-state index contributed by atoms with van der Waals surface area (Å²) < 4.78 is 0. The molecule has 0 bridgehead atoms. The molecular formula is C12H20N2. The Balaban J connectivity index is 2.63. The molecule has 1 unspecified atom stereocenters. The lowest BCUT2D eigenvalue weighted by Gasteiger charge is -2.13. The molecule has 0 heterocycles. The molecule has 2 nitrogen and oxygen atoms in total. The highest BCUT2D eigenvalue weighted by Crippen LogP contribution is 2.12. The van der Waals surface area contributed by atoms with Gasteiger partial charge in [-0.3, -0.25) is 0 Å². The summed E-state index contributed by atoms with van der Waals surface area (Å²) in [5.41, 5.74) is 2.54. The van der Waals surface area contributed by atoms with Gasteiger partial charge in [0.05, 0.1) is 0 Å². The molecular weight excluding hydrogens is 172 g/mol. The maximum Gasteiger partial charge on any atom is 0.0345 e. The maximum absolute atomic E-state index is 3.46. The van der Waals surface area contributed by atoms with Gasteiger partial charge in [-0.1, -0.05) is 19.1 Å². The Bertz CT molecular complexity index is 271. The van der Waals surface area contributed by atoms with E-state index in [1.807, 2.05) is 7.05 Å². The molecule has 0 aromatic heterocycles. The number of anilines is 1. The van der Waals surface area contributed by atoms with Crippen LogP contribution in [0, 0.1) is 0 Å². The van der Waals surface area contributed by atoms with E-state index >= 15 is 0 Å². The summed E-state index contributed by atoms with van der Waals surface area (Å²) in [6, 6.07) is 9.09. The fourth-order valence-corrected chi connectivity index (χ4v) is 1.36. The van der Waals surface area contributed by atoms with E-state index in [9.17, 15) is 0 Å². The van der Waals surface area contributed by atoms with E-state index in [1.165, 1.54) is 11.3 Å². The minimum absolute atomic E-state index is 0.542. The molecule has 0 saturated heterocycles. The van der Waals surface area contributed by atoms with E-state index in [4.69, 9.17) is 0 Å². The molecule has 0 aliphatic carbocycles. The van der Waals surface area contributed by atoms with Gasteiger partial charge in [-0.2, -0.15) is 0 Å². The highest BCUT2D eigenvalue weighted by molar-refractivity contribution is 5.46. The first kappa shape index (κ1) is 11.1. The first-order chi connectivity index (χ1) is 6.76. The number of benzene rings is 1. The maximum atomic E-state index is 3.46. The topological polar surface area (TPSA) is 24.1 Å². The molecule has 1 atom stereocenters. The SMILES string of the molecule is CCC(C)Nc1cccc(CNC)c1. The van der Waals surface area contributed by atoms with Crippen LogP contribution >= 0.6 is 0 Å². The smallest absolute Gasteiger partial charge is 0.0345 e. The van der Waals surface area contributed by atoms with Gasteiger partial charge in [0.2, 0.25) is 0 Å². The molecule has 0 aliphatic heterocycles. The molecule has 0 spiro atoms. The van der Waals surface area contributed by atoms with Crippen LogP contribution in [0.1, 0.15) is 25.8 Å². The van der Waals surface area contributed by atoms with Crippen molar-refractivity contribution >= 4 is 5.69 Å². The molecule has 1 rings (SSSR count). The highest BCUT2D eigenvalue weighted by Gasteiger charge is 1.99. The fraction of sp³-hybridized carbons (Fsp3) is 0.500. The molecule has 78 valence electrons. The van der Waals surface area contributed by atoms with Crippen LogP contribution in [-0.4, -0.2) is 13.1 Å². The van der Waals surface area contributed by atoms with Crippen molar-refractivity contribution in [2.75, 3.05) is 12.4 Å². The predicted molar refractivity (Wildman–Crippen MR) is 62.6 cm³/mol. The minimum Gasteiger partial charge on any atom is -0.383 e. The minimum atomic E-state index is 0.542. The van der Waals surface area contributed by atoms with Crippen molar-refractivity contribution in [2.24, 2.45) is 0 Å². The Labute approximate surface area is 86.7 Å². The summed E-state index contributed by atoms with van der Waals surface area (Å²) in [5, 5.41) is 6.61. The van der Waals surface area contributed by atoms with Crippen molar-refractivity contribution in [3.8, 4) is 0 Å². The lowest BCUT2D eigenvalue weighted by atomic mass is 10.1. The predicted octanol–water partition coefficient (Wildman–Crippen LogP) is 2.62. The van der Waals surface area contributed by atoms with Gasteiger partial charge in [-0.25, -0.2) is 0 Å². The van der Waals surface area contributed by atoms with E-state index < -0.39 is 0 Å². The average Bonchev–Trinajstić information content (AvgIpc) is 2.19. The standard InChI is InChI=1S/C12H20N2/c1-4-10(2)14-12-7-5-6-11(8-12)9-13-3/h5-8,10,13-14H,4,9H2,1-3H3. The number of hydrogen-bond donors (Lipinski definition) is 2. The molecule has 2 N–H and O–H groups in total. The van der Waals surface area contributed by atoms with Crippen molar-refractivity contribution in [3.63, 3.8) is 0 Å². The first-order valence-corrected chi connectivity index (χ1v) is 5.26. The Morgan fingerprint density at radius 2 is 2.14 bits per heavy atom. The van der Waals surface area contributed by atoms with Gasteiger partial charge in [0.25, 0.3) is 0 Å². The highest BCUT2D eigenvalue weighted by atomic mass is 14.9. The molecule has 14 heavy (non-hydrogen) atoms. The zero-order chi connectivity index (χ0) is 10.4. The fourth-order valence-electron chi connectivity index (χ4n) is 1.36. The second-order valence-electron chi connectivity index (χ2n) is 3.68. The van der Waals surface area contributed by atoms with Crippen molar-refractivity contribution in [3.05, 3.63) is 29.8 Å². The van der Waals surface area contributed by atoms with Gasteiger partial charge in [-0.05, 0) is 38.1 Å². The number of hydrogen-bond acceptors (Lipinski definition) is 2. The summed E-state index contributed by atoms with van der Waals surface area (Å²) in [6.45, 7) is 5.32. The van der Waals surface area contributed by atoms with Gasteiger partial charge in [0, 0.05) is 18.3 Å². The Morgan fingerprint density at radius 1 is 1.36 bits per heavy atom.